The van der Waals surface area contributed by atoms with E-state index in [9.17, 15) is 0 Å². The zero-order valence-electron chi connectivity index (χ0n) is 10.4. The molecule has 0 N–H and O–H groups in total. The van der Waals surface area contributed by atoms with E-state index in [-0.39, 0.29) is 0 Å². The van der Waals surface area contributed by atoms with E-state index in [0.29, 0.717) is 11.8 Å². The number of hydrogen-bond donors (Lipinski definition) is 0. The van der Waals surface area contributed by atoms with Crippen molar-refractivity contribution in [2.75, 3.05) is 19.0 Å². The zero-order chi connectivity index (χ0) is 12.0. The minimum Gasteiger partial charge on any atom is -0.384 e. The van der Waals surface area contributed by atoms with E-state index in [0.717, 1.165) is 18.4 Å². The highest BCUT2D eigenvalue weighted by molar-refractivity contribution is 9.09. The van der Waals surface area contributed by atoms with E-state index in [1.807, 2.05) is 0 Å². The third kappa shape index (κ3) is 4.26. The van der Waals surface area contributed by atoms with Crippen LogP contribution in [-0.2, 0) is 11.2 Å². The van der Waals surface area contributed by atoms with E-state index >= 15 is 0 Å². The second-order valence-corrected chi connectivity index (χ2v) is 5.19. The van der Waals surface area contributed by atoms with Crippen LogP contribution in [0.3, 0.4) is 0 Å². The highest BCUT2D eigenvalue weighted by atomic mass is 79.9. The number of methoxy groups -OCH3 is 1. The Morgan fingerprint density at radius 1 is 1.38 bits per heavy atom. The van der Waals surface area contributed by atoms with Crippen molar-refractivity contribution in [2.24, 2.45) is 11.8 Å². The molecule has 0 aliphatic rings. The average Bonchev–Trinajstić information content (AvgIpc) is 2.26. The first-order valence-corrected chi connectivity index (χ1v) is 6.90. The van der Waals surface area contributed by atoms with Gasteiger partial charge in [0.05, 0.1) is 0 Å². The fourth-order valence-corrected chi connectivity index (χ4v) is 2.82. The highest BCUT2D eigenvalue weighted by Crippen LogP contribution is 2.20. The third-order valence-corrected chi connectivity index (χ3v) is 3.84. The predicted octanol–water partition coefficient (Wildman–Crippen LogP) is 3.83. The molecule has 1 aromatic carbocycles. The van der Waals surface area contributed by atoms with Gasteiger partial charge in [-0.2, -0.15) is 0 Å². The van der Waals surface area contributed by atoms with E-state index < -0.39 is 0 Å². The van der Waals surface area contributed by atoms with Crippen molar-refractivity contribution in [1.29, 1.82) is 0 Å². The van der Waals surface area contributed by atoms with Crippen molar-refractivity contribution >= 4 is 15.9 Å². The number of halogens is 1. The number of aryl methyl sites for hydroxylation is 1. The molecule has 2 atom stereocenters. The number of ether oxygens (including phenoxy) is 1. The summed E-state index contributed by atoms with van der Waals surface area (Å²) in [5.41, 5.74) is 2.76. The van der Waals surface area contributed by atoms with Crippen LogP contribution in [-0.4, -0.2) is 19.0 Å². The maximum Gasteiger partial charge on any atom is 0.0490 e. The topological polar surface area (TPSA) is 9.23 Å². The van der Waals surface area contributed by atoms with E-state index in [2.05, 4.69) is 54.0 Å². The van der Waals surface area contributed by atoms with Crippen molar-refractivity contribution in [1.82, 2.24) is 0 Å². The maximum absolute atomic E-state index is 5.23. The lowest BCUT2D eigenvalue weighted by Gasteiger charge is -2.21. The molecule has 2 unspecified atom stereocenters. The molecule has 0 radical (unpaired) electrons. The molecule has 90 valence electrons. The monoisotopic (exact) mass is 284 g/mol. The molecule has 0 aromatic heterocycles. The van der Waals surface area contributed by atoms with Crippen LogP contribution in [0.15, 0.2) is 24.3 Å². The highest BCUT2D eigenvalue weighted by Gasteiger charge is 2.16. The Bertz CT molecular complexity index is 311. The minimum atomic E-state index is 0.588. The number of alkyl halides is 1. The Hall–Kier alpha value is -0.340. The van der Waals surface area contributed by atoms with Crippen LogP contribution in [0.5, 0.6) is 0 Å². The van der Waals surface area contributed by atoms with Gasteiger partial charge < -0.3 is 4.74 Å². The van der Waals surface area contributed by atoms with Crippen molar-refractivity contribution in [3.63, 3.8) is 0 Å². The first-order valence-electron chi connectivity index (χ1n) is 5.77. The molecule has 1 aromatic rings. The van der Waals surface area contributed by atoms with Gasteiger partial charge in [0.15, 0.2) is 0 Å². The Balaban J connectivity index is 2.62. The molecule has 0 saturated carbocycles. The fraction of sp³-hybridized carbons (Fsp3) is 0.571. The summed E-state index contributed by atoms with van der Waals surface area (Å²) in [7, 11) is 1.77. The normalized spacial score (nSPS) is 14.8. The van der Waals surface area contributed by atoms with Crippen molar-refractivity contribution in [3.8, 4) is 0 Å². The lowest BCUT2D eigenvalue weighted by Crippen LogP contribution is -2.20. The summed E-state index contributed by atoms with van der Waals surface area (Å²) in [6.07, 6.45) is 1.12. The summed E-state index contributed by atoms with van der Waals surface area (Å²) < 4.78 is 5.23. The molecule has 16 heavy (non-hydrogen) atoms. The molecule has 1 rings (SSSR count). The van der Waals surface area contributed by atoms with Crippen molar-refractivity contribution < 1.29 is 4.74 Å². The number of benzene rings is 1. The van der Waals surface area contributed by atoms with Crippen molar-refractivity contribution in [3.05, 3.63) is 35.4 Å². The van der Waals surface area contributed by atoms with Crippen LogP contribution < -0.4 is 0 Å². The molecule has 0 amide bonds. The number of hydrogen-bond acceptors (Lipinski definition) is 1. The SMILES string of the molecule is COCC(C)C(CBr)Cc1cccc(C)c1. The molecule has 1 nitrogen and oxygen atoms in total. The Kier molecular flexibility index (Phi) is 6.07. The molecule has 0 spiro atoms. The van der Waals surface area contributed by atoms with E-state index in [1.165, 1.54) is 11.1 Å². The third-order valence-electron chi connectivity index (χ3n) is 3.01. The van der Waals surface area contributed by atoms with E-state index in [4.69, 9.17) is 4.74 Å². The molecule has 0 saturated heterocycles. The summed E-state index contributed by atoms with van der Waals surface area (Å²) >= 11 is 3.61. The summed E-state index contributed by atoms with van der Waals surface area (Å²) in [6.45, 7) is 5.23. The molecule has 0 heterocycles. The summed E-state index contributed by atoms with van der Waals surface area (Å²) in [6, 6.07) is 8.76. The second-order valence-electron chi connectivity index (χ2n) is 4.54. The summed E-state index contributed by atoms with van der Waals surface area (Å²) in [5, 5.41) is 1.03. The quantitative estimate of drug-likeness (QED) is 0.722. The summed E-state index contributed by atoms with van der Waals surface area (Å²) in [4.78, 5) is 0. The Morgan fingerprint density at radius 3 is 2.69 bits per heavy atom. The van der Waals surface area contributed by atoms with Gasteiger partial charge in [0, 0.05) is 19.0 Å². The van der Waals surface area contributed by atoms with Gasteiger partial charge in [0.2, 0.25) is 0 Å². The zero-order valence-corrected chi connectivity index (χ0v) is 12.0. The second kappa shape index (κ2) is 7.08. The van der Waals surface area contributed by atoms with Crippen LogP contribution in [0, 0.1) is 18.8 Å². The lowest BCUT2D eigenvalue weighted by molar-refractivity contribution is 0.135. The molecule has 0 fully saturated rings. The van der Waals surface area contributed by atoms with Gasteiger partial charge in [-0.15, -0.1) is 0 Å². The molecule has 0 aliphatic heterocycles. The molecular weight excluding hydrogens is 264 g/mol. The van der Waals surface area contributed by atoms with Gasteiger partial charge in [0.25, 0.3) is 0 Å². The molecular formula is C14H21BrO. The lowest BCUT2D eigenvalue weighted by atomic mass is 9.90. The van der Waals surface area contributed by atoms with Gasteiger partial charge in [-0.25, -0.2) is 0 Å². The first kappa shape index (κ1) is 13.7. The fourth-order valence-electron chi connectivity index (χ4n) is 1.95. The van der Waals surface area contributed by atoms with Gasteiger partial charge in [-0.1, -0.05) is 52.7 Å². The van der Waals surface area contributed by atoms with Crippen LogP contribution in [0.4, 0.5) is 0 Å². The standard InChI is InChI=1S/C14H21BrO/c1-11-5-4-6-13(7-11)8-14(9-15)12(2)10-16-3/h4-7,12,14H,8-10H2,1-3H3. The Morgan fingerprint density at radius 2 is 2.12 bits per heavy atom. The molecule has 0 bridgehead atoms. The smallest absolute Gasteiger partial charge is 0.0490 e. The molecule has 2 heteroatoms. The van der Waals surface area contributed by atoms with Crippen LogP contribution >= 0.6 is 15.9 Å². The first-order chi connectivity index (χ1) is 7.67. The van der Waals surface area contributed by atoms with Gasteiger partial charge >= 0.3 is 0 Å². The van der Waals surface area contributed by atoms with Gasteiger partial charge in [0.1, 0.15) is 0 Å². The number of rotatable bonds is 6. The maximum atomic E-state index is 5.23. The molecule has 0 aliphatic carbocycles. The van der Waals surface area contributed by atoms with Gasteiger partial charge in [-0.05, 0) is 30.7 Å². The predicted molar refractivity (Wildman–Crippen MR) is 73.2 cm³/mol. The minimum absolute atomic E-state index is 0.588. The van der Waals surface area contributed by atoms with Crippen LogP contribution in [0.2, 0.25) is 0 Å². The largest absolute Gasteiger partial charge is 0.384 e. The van der Waals surface area contributed by atoms with E-state index in [1.54, 1.807) is 7.11 Å². The summed E-state index contributed by atoms with van der Waals surface area (Å²) in [5.74, 6) is 1.23. The average molecular weight is 285 g/mol. The van der Waals surface area contributed by atoms with Crippen LogP contribution in [0.1, 0.15) is 18.1 Å². The Labute approximate surface area is 107 Å². The van der Waals surface area contributed by atoms with Gasteiger partial charge in [-0.3, -0.25) is 0 Å². The van der Waals surface area contributed by atoms with Crippen molar-refractivity contribution in [2.45, 2.75) is 20.3 Å². The van der Waals surface area contributed by atoms with Crippen LogP contribution in [0.25, 0.3) is 0 Å².